The maximum atomic E-state index is 6.29. The van der Waals surface area contributed by atoms with Crippen molar-refractivity contribution in [3.8, 4) is 0 Å². The maximum absolute atomic E-state index is 6.29. The van der Waals surface area contributed by atoms with Crippen LogP contribution in [0.4, 0.5) is 0 Å². The zero-order chi connectivity index (χ0) is 13.7. The van der Waals surface area contributed by atoms with Crippen molar-refractivity contribution in [3.05, 3.63) is 16.9 Å². The molecule has 6 heteroatoms. The van der Waals surface area contributed by atoms with Gasteiger partial charge in [-0.25, -0.2) is 0 Å². The standard InChI is InChI=1S/C13H22ClN3O2/c1-15-12(7-10-3-5-19-9-10)13-11(14)8-16-17(13)4-6-18-2/h8,10,12,15H,3-7,9H2,1-2H3. The van der Waals surface area contributed by atoms with Crippen LogP contribution in [-0.4, -0.2) is 43.8 Å². The van der Waals surface area contributed by atoms with Gasteiger partial charge in [0.15, 0.2) is 0 Å². The first-order valence-corrected chi connectivity index (χ1v) is 7.09. The molecule has 1 aliphatic rings. The molecule has 2 rings (SSSR count). The first kappa shape index (κ1) is 14.8. The zero-order valence-electron chi connectivity index (χ0n) is 11.6. The molecule has 2 unspecified atom stereocenters. The minimum atomic E-state index is 0.207. The van der Waals surface area contributed by atoms with Crippen LogP contribution in [0.3, 0.4) is 0 Å². The Balaban J connectivity index is 2.09. The Morgan fingerprint density at radius 1 is 1.68 bits per heavy atom. The van der Waals surface area contributed by atoms with E-state index in [9.17, 15) is 0 Å². The van der Waals surface area contributed by atoms with Crippen LogP contribution >= 0.6 is 11.6 Å². The highest BCUT2D eigenvalue weighted by atomic mass is 35.5. The van der Waals surface area contributed by atoms with Crippen LogP contribution < -0.4 is 5.32 Å². The summed E-state index contributed by atoms with van der Waals surface area (Å²) >= 11 is 6.29. The highest BCUT2D eigenvalue weighted by Gasteiger charge is 2.25. The normalized spacial score (nSPS) is 20.9. The quantitative estimate of drug-likeness (QED) is 0.832. The summed E-state index contributed by atoms with van der Waals surface area (Å²) in [5.74, 6) is 0.597. The van der Waals surface area contributed by atoms with E-state index < -0.39 is 0 Å². The molecule has 2 heterocycles. The van der Waals surface area contributed by atoms with Crippen LogP contribution in [0.25, 0.3) is 0 Å². The Bertz CT molecular complexity index is 391. The second kappa shape index (κ2) is 7.24. The van der Waals surface area contributed by atoms with Gasteiger partial charge in [0.25, 0.3) is 0 Å². The number of ether oxygens (including phenoxy) is 2. The predicted octanol–water partition coefficient (Wildman–Crippen LogP) is 1.87. The van der Waals surface area contributed by atoms with E-state index in [1.54, 1.807) is 13.3 Å². The number of methoxy groups -OCH3 is 1. The van der Waals surface area contributed by atoms with Gasteiger partial charge in [0.1, 0.15) is 0 Å². The third kappa shape index (κ3) is 3.69. The van der Waals surface area contributed by atoms with Crippen LogP contribution in [0.2, 0.25) is 5.02 Å². The number of hydrogen-bond acceptors (Lipinski definition) is 4. The summed E-state index contributed by atoms with van der Waals surface area (Å²) < 4.78 is 12.5. The van der Waals surface area contributed by atoms with E-state index in [0.717, 1.165) is 43.3 Å². The molecule has 1 saturated heterocycles. The van der Waals surface area contributed by atoms with Gasteiger partial charge in [0.2, 0.25) is 0 Å². The molecule has 19 heavy (non-hydrogen) atoms. The van der Waals surface area contributed by atoms with Gasteiger partial charge in [-0.05, 0) is 25.8 Å². The lowest BCUT2D eigenvalue weighted by molar-refractivity contribution is 0.177. The largest absolute Gasteiger partial charge is 0.383 e. The van der Waals surface area contributed by atoms with Gasteiger partial charge in [0, 0.05) is 20.3 Å². The molecule has 0 spiro atoms. The van der Waals surface area contributed by atoms with Crippen molar-refractivity contribution in [2.24, 2.45) is 5.92 Å². The van der Waals surface area contributed by atoms with Crippen molar-refractivity contribution in [3.63, 3.8) is 0 Å². The number of aromatic nitrogens is 2. The lowest BCUT2D eigenvalue weighted by atomic mass is 9.97. The third-order valence-corrected chi connectivity index (χ3v) is 3.90. The highest BCUT2D eigenvalue weighted by Crippen LogP contribution is 2.30. The Labute approximate surface area is 119 Å². The van der Waals surface area contributed by atoms with Gasteiger partial charge < -0.3 is 14.8 Å². The van der Waals surface area contributed by atoms with E-state index >= 15 is 0 Å². The number of rotatable bonds is 7. The van der Waals surface area contributed by atoms with E-state index in [4.69, 9.17) is 21.1 Å². The SMILES string of the molecule is CNC(CC1CCOC1)c1c(Cl)cnn1CCOC. The predicted molar refractivity (Wildman–Crippen MR) is 74.5 cm³/mol. The molecule has 1 aromatic rings. The molecule has 1 N–H and O–H groups in total. The lowest BCUT2D eigenvalue weighted by Gasteiger charge is -2.21. The van der Waals surface area contributed by atoms with Crippen molar-refractivity contribution < 1.29 is 9.47 Å². The molecule has 5 nitrogen and oxygen atoms in total. The molecule has 108 valence electrons. The molecule has 0 radical (unpaired) electrons. The van der Waals surface area contributed by atoms with Crippen LogP contribution in [-0.2, 0) is 16.0 Å². The van der Waals surface area contributed by atoms with Gasteiger partial charge in [-0.15, -0.1) is 0 Å². The molecule has 1 aromatic heterocycles. The molecule has 1 aliphatic heterocycles. The number of nitrogens with zero attached hydrogens (tertiary/aromatic N) is 2. The van der Waals surface area contributed by atoms with Crippen molar-refractivity contribution in [1.82, 2.24) is 15.1 Å². The molecule has 0 saturated carbocycles. The summed E-state index contributed by atoms with van der Waals surface area (Å²) in [6.07, 6.45) is 3.86. The van der Waals surface area contributed by atoms with Crippen molar-refractivity contribution in [1.29, 1.82) is 0 Å². The fraction of sp³-hybridized carbons (Fsp3) is 0.769. The average molecular weight is 288 g/mol. The number of halogens is 1. The zero-order valence-corrected chi connectivity index (χ0v) is 12.3. The van der Waals surface area contributed by atoms with Gasteiger partial charge in [-0.3, -0.25) is 4.68 Å². The molecule has 0 amide bonds. The van der Waals surface area contributed by atoms with Gasteiger partial charge >= 0.3 is 0 Å². The number of hydrogen-bond donors (Lipinski definition) is 1. The van der Waals surface area contributed by atoms with Gasteiger partial charge in [-0.2, -0.15) is 5.10 Å². The highest BCUT2D eigenvalue weighted by molar-refractivity contribution is 6.31. The van der Waals surface area contributed by atoms with E-state index in [2.05, 4.69) is 10.4 Å². The van der Waals surface area contributed by atoms with Gasteiger partial charge in [-0.1, -0.05) is 11.6 Å². The third-order valence-electron chi connectivity index (χ3n) is 3.61. The maximum Gasteiger partial charge on any atom is 0.0834 e. The Kier molecular flexibility index (Phi) is 5.63. The Hall–Kier alpha value is -0.620. The molecule has 0 aromatic carbocycles. The van der Waals surface area contributed by atoms with Crippen molar-refractivity contribution >= 4 is 11.6 Å². The molecule has 0 aliphatic carbocycles. The Morgan fingerprint density at radius 3 is 3.16 bits per heavy atom. The first-order valence-electron chi connectivity index (χ1n) is 6.71. The van der Waals surface area contributed by atoms with Crippen molar-refractivity contribution in [2.75, 3.05) is 34.0 Å². The second-order valence-corrected chi connectivity index (χ2v) is 5.31. The molecular formula is C13H22ClN3O2. The fourth-order valence-corrected chi connectivity index (χ4v) is 2.82. The smallest absolute Gasteiger partial charge is 0.0834 e. The monoisotopic (exact) mass is 287 g/mol. The second-order valence-electron chi connectivity index (χ2n) is 4.90. The van der Waals surface area contributed by atoms with Crippen molar-refractivity contribution in [2.45, 2.75) is 25.4 Å². The fourth-order valence-electron chi connectivity index (χ4n) is 2.54. The lowest BCUT2D eigenvalue weighted by Crippen LogP contribution is -2.24. The minimum Gasteiger partial charge on any atom is -0.383 e. The number of nitrogens with one attached hydrogen (secondary N) is 1. The summed E-state index contributed by atoms with van der Waals surface area (Å²) in [5, 5.41) is 8.39. The van der Waals surface area contributed by atoms with Crippen LogP contribution in [0.5, 0.6) is 0 Å². The molecular weight excluding hydrogens is 266 g/mol. The summed E-state index contributed by atoms with van der Waals surface area (Å²) in [5.41, 5.74) is 1.05. The average Bonchev–Trinajstić information content (AvgIpc) is 3.04. The molecule has 2 atom stereocenters. The summed E-state index contributed by atoms with van der Waals surface area (Å²) in [7, 11) is 3.65. The minimum absolute atomic E-state index is 0.207. The first-order chi connectivity index (χ1) is 9.26. The summed E-state index contributed by atoms with van der Waals surface area (Å²) in [4.78, 5) is 0. The summed E-state index contributed by atoms with van der Waals surface area (Å²) in [6, 6.07) is 0.207. The van der Waals surface area contributed by atoms with E-state index in [1.165, 1.54) is 0 Å². The van der Waals surface area contributed by atoms with Gasteiger partial charge in [0.05, 0.1) is 36.1 Å². The Morgan fingerprint density at radius 2 is 2.53 bits per heavy atom. The molecule has 1 fully saturated rings. The van der Waals surface area contributed by atoms with Crippen LogP contribution in [0.15, 0.2) is 6.20 Å². The van der Waals surface area contributed by atoms with E-state index in [-0.39, 0.29) is 6.04 Å². The topological polar surface area (TPSA) is 48.3 Å². The van der Waals surface area contributed by atoms with E-state index in [0.29, 0.717) is 12.5 Å². The van der Waals surface area contributed by atoms with Crippen LogP contribution in [0.1, 0.15) is 24.6 Å². The summed E-state index contributed by atoms with van der Waals surface area (Å²) in [6.45, 7) is 3.08. The van der Waals surface area contributed by atoms with Crippen LogP contribution in [0, 0.1) is 5.92 Å². The molecule has 0 bridgehead atoms. The van der Waals surface area contributed by atoms with E-state index in [1.807, 2.05) is 11.7 Å².